The maximum atomic E-state index is 12.9. The topological polar surface area (TPSA) is 74.6 Å². The van der Waals surface area contributed by atoms with Gasteiger partial charge in [-0.2, -0.15) is 0 Å². The summed E-state index contributed by atoms with van der Waals surface area (Å²) in [4.78, 5) is 27.3. The van der Waals surface area contributed by atoms with Crippen LogP contribution in [0, 0.1) is 0 Å². The van der Waals surface area contributed by atoms with Crippen LogP contribution < -0.4 is 15.8 Å². The summed E-state index contributed by atoms with van der Waals surface area (Å²) in [5, 5.41) is 2.91. The number of furan rings is 1. The van der Waals surface area contributed by atoms with Gasteiger partial charge in [-0.3, -0.25) is 20.4 Å². The maximum Gasteiger partial charge on any atom is 0.305 e. The first-order valence-corrected chi connectivity index (χ1v) is 11.4. The van der Waals surface area contributed by atoms with E-state index < -0.39 is 11.8 Å². The number of amides is 2. The molecule has 2 heterocycles. The fourth-order valence-electron chi connectivity index (χ4n) is 3.08. The van der Waals surface area contributed by atoms with Crippen LogP contribution in [0.1, 0.15) is 26.5 Å². The van der Waals surface area contributed by atoms with Gasteiger partial charge in [-0.15, -0.1) is 23.1 Å². The van der Waals surface area contributed by atoms with Crippen LogP contribution in [-0.4, -0.2) is 25.9 Å². The van der Waals surface area contributed by atoms with Gasteiger partial charge in [0.25, 0.3) is 5.91 Å². The third kappa shape index (κ3) is 4.76. The van der Waals surface area contributed by atoms with E-state index in [2.05, 4.69) is 10.9 Å². The zero-order valence-corrected chi connectivity index (χ0v) is 18.7. The predicted molar refractivity (Wildman–Crippen MR) is 126 cm³/mol. The van der Waals surface area contributed by atoms with E-state index in [1.54, 1.807) is 41.3 Å². The number of nitrogens with zero attached hydrogens (tertiary/aromatic N) is 1. The quantitative estimate of drug-likeness (QED) is 0.321. The Morgan fingerprint density at radius 1 is 1.00 bits per heavy atom. The van der Waals surface area contributed by atoms with Gasteiger partial charge in [0.15, 0.2) is 5.76 Å². The fourth-order valence-corrected chi connectivity index (χ4v) is 4.89. The molecule has 2 aromatic heterocycles. The number of rotatable bonds is 6. The molecule has 0 saturated heterocycles. The molecule has 2 aromatic carbocycles. The highest BCUT2D eigenvalue weighted by Gasteiger charge is 2.21. The van der Waals surface area contributed by atoms with Crippen LogP contribution in [0.25, 0.3) is 11.0 Å². The largest absolute Gasteiger partial charge is 0.451 e. The number of benzene rings is 2. The average molecular weight is 452 g/mol. The van der Waals surface area contributed by atoms with E-state index >= 15 is 0 Å². The number of hydrogen-bond donors (Lipinski definition) is 2. The van der Waals surface area contributed by atoms with Gasteiger partial charge in [-0.05, 0) is 35.7 Å². The lowest BCUT2D eigenvalue weighted by atomic mass is 10.1. The van der Waals surface area contributed by atoms with Crippen LogP contribution in [0.2, 0.25) is 0 Å². The van der Waals surface area contributed by atoms with Crippen molar-refractivity contribution in [2.75, 3.05) is 19.0 Å². The van der Waals surface area contributed by atoms with Gasteiger partial charge >= 0.3 is 5.91 Å². The fraction of sp³-hybridized carbons (Fsp3) is 0.130. The third-order valence-electron chi connectivity index (χ3n) is 4.67. The SMILES string of the molecule is CN(C)c1cccc(C(=O)NNC(=O)c2oc3ccccc3c2CSc2cccs2)c1. The highest BCUT2D eigenvalue weighted by molar-refractivity contribution is 8.00. The molecule has 0 saturated carbocycles. The highest BCUT2D eigenvalue weighted by atomic mass is 32.2. The zero-order chi connectivity index (χ0) is 21.8. The molecule has 0 aliphatic heterocycles. The number of anilines is 1. The zero-order valence-electron chi connectivity index (χ0n) is 17.0. The molecule has 31 heavy (non-hydrogen) atoms. The lowest BCUT2D eigenvalue weighted by molar-refractivity contribution is 0.0831. The van der Waals surface area contributed by atoms with Crippen molar-refractivity contribution in [1.82, 2.24) is 10.9 Å². The van der Waals surface area contributed by atoms with Crippen molar-refractivity contribution in [3.63, 3.8) is 0 Å². The van der Waals surface area contributed by atoms with Crippen molar-refractivity contribution in [3.8, 4) is 0 Å². The van der Waals surface area contributed by atoms with Crippen LogP contribution in [0.3, 0.4) is 0 Å². The number of thiophene rings is 1. The molecule has 6 nitrogen and oxygen atoms in total. The normalized spacial score (nSPS) is 10.8. The number of nitrogens with one attached hydrogen (secondary N) is 2. The number of carbonyl (C=O) groups is 2. The van der Waals surface area contributed by atoms with Crippen LogP contribution in [0.15, 0.2) is 74.7 Å². The molecule has 2 N–H and O–H groups in total. The molecule has 0 bridgehead atoms. The molecule has 4 aromatic rings. The summed E-state index contributed by atoms with van der Waals surface area (Å²) in [6, 6.07) is 18.7. The summed E-state index contributed by atoms with van der Waals surface area (Å²) < 4.78 is 7.00. The summed E-state index contributed by atoms with van der Waals surface area (Å²) in [5.41, 5.74) is 7.75. The lowest BCUT2D eigenvalue weighted by Gasteiger charge is -2.13. The molecule has 158 valence electrons. The highest BCUT2D eigenvalue weighted by Crippen LogP contribution is 2.33. The van der Waals surface area contributed by atoms with Gasteiger partial charge in [-0.25, -0.2) is 0 Å². The smallest absolute Gasteiger partial charge is 0.305 e. The van der Waals surface area contributed by atoms with E-state index in [-0.39, 0.29) is 5.76 Å². The van der Waals surface area contributed by atoms with Crippen molar-refractivity contribution >= 4 is 51.6 Å². The second-order valence-electron chi connectivity index (χ2n) is 6.98. The molecule has 0 radical (unpaired) electrons. The Bertz CT molecular complexity index is 1220. The monoisotopic (exact) mass is 451 g/mol. The van der Waals surface area contributed by atoms with Gasteiger partial charge < -0.3 is 9.32 Å². The van der Waals surface area contributed by atoms with E-state index in [4.69, 9.17) is 4.42 Å². The Kier molecular flexibility index (Phi) is 6.29. The summed E-state index contributed by atoms with van der Waals surface area (Å²) in [6.45, 7) is 0. The maximum absolute atomic E-state index is 12.9. The van der Waals surface area contributed by atoms with Crippen molar-refractivity contribution < 1.29 is 14.0 Å². The Morgan fingerprint density at radius 2 is 1.81 bits per heavy atom. The predicted octanol–water partition coefficient (Wildman–Crippen LogP) is 4.93. The first kappa shape index (κ1) is 21.0. The Balaban J connectivity index is 1.51. The third-order valence-corrected chi connectivity index (χ3v) is 6.83. The number of fused-ring (bicyclic) bond motifs is 1. The van der Waals surface area contributed by atoms with Crippen LogP contribution in [0.4, 0.5) is 5.69 Å². The number of thioether (sulfide) groups is 1. The summed E-state index contributed by atoms with van der Waals surface area (Å²) >= 11 is 3.29. The van der Waals surface area contributed by atoms with E-state index in [9.17, 15) is 9.59 Å². The second kappa shape index (κ2) is 9.28. The van der Waals surface area contributed by atoms with Crippen LogP contribution in [0.5, 0.6) is 0 Å². The minimum atomic E-state index is -0.491. The molecule has 4 rings (SSSR count). The minimum Gasteiger partial charge on any atom is -0.451 e. The van der Waals surface area contributed by atoms with Gasteiger partial charge in [0.2, 0.25) is 0 Å². The molecule has 0 unspecified atom stereocenters. The van der Waals surface area contributed by atoms with Crippen molar-refractivity contribution in [2.24, 2.45) is 0 Å². The first-order valence-electron chi connectivity index (χ1n) is 9.57. The standard InChI is InChI=1S/C23H21N3O3S2/c1-26(2)16-8-5-7-15(13-16)22(27)24-25-23(28)21-18(14-31-20-11-6-12-30-20)17-9-3-4-10-19(17)29-21/h3-13H,14H2,1-2H3,(H,24,27)(H,25,28). The van der Waals surface area contributed by atoms with Gasteiger partial charge in [-0.1, -0.05) is 30.3 Å². The van der Waals surface area contributed by atoms with Gasteiger partial charge in [0.1, 0.15) is 5.58 Å². The van der Waals surface area contributed by atoms with E-state index in [1.807, 2.05) is 66.8 Å². The van der Waals surface area contributed by atoms with Crippen molar-refractivity contribution in [1.29, 1.82) is 0 Å². The number of hydrogen-bond acceptors (Lipinski definition) is 6. The number of para-hydroxylation sites is 1. The van der Waals surface area contributed by atoms with Gasteiger partial charge in [0.05, 0.1) is 4.21 Å². The Hall–Kier alpha value is -3.23. The molecular weight excluding hydrogens is 430 g/mol. The Labute approximate surface area is 188 Å². The summed E-state index contributed by atoms with van der Waals surface area (Å²) in [6.07, 6.45) is 0. The molecule has 0 atom stereocenters. The number of carbonyl (C=O) groups excluding carboxylic acids is 2. The molecule has 0 spiro atoms. The average Bonchev–Trinajstić information content (AvgIpc) is 3.43. The molecule has 0 aliphatic rings. The molecule has 2 amide bonds. The van der Waals surface area contributed by atoms with Crippen molar-refractivity contribution in [2.45, 2.75) is 9.96 Å². The molecule has 8 heteroatoms. The summed E-state index contributed by atoms with van der Waals surface area (Å²) in [5.74, 6) is -0.107. The van der Waals surface area contributed by atoms with Gasteiger partial charge in [0, 0.05) is 42.0 Å². The van der Waals surface area contributed by atoms with E-state index in [0.717, 1.165) is 20.8 Å². The van der Waals surface area contributed by atoms with E-state index in [0.29, 0.717) is 16.9 Å². The Morgan fingerprint density at radius 3 is 2.58 bits per heavy atom. The second-order valence-corrected chi connectivity index (χ2v) is 9.20. The molecule has 0 aliphatic carbocycles. The van der Waals surface area contributed by atoms with Crippen LogP contribution in [-0.2, 0) is 5.75 Å². The summed E-state index contributed by atoms with van der Waals surface area (Å²) in [7, 11) is 3.80. The van der Waals surface area contributed by atoms with Crippen LogP contribution >= 0.6 is 23.1 Å². The minimum absolute atomic E-state index is 0.201. The first-order chi connectivity index (χ1) is 15.0. The lowest BCUT2D eigenvalue weighted by Crippen LogP contribution is -2.41. The molecule has 0 fully saturated rings. The van der Waals surface area contributed by atoms with E-state index in [1.165, 1.54) is 0 Å². The molecular formula is C23H21N3O3S2. The van der Waals surface area contributed by atoms with Crippen molar-refractivity contribution in [3.05, 3.63) is 82.9 Å². The number of hydrazine groups is 1.